The Morgan fingerprint density at radius 1 is 1.44 bits per heavy atom. The van der Waals surface area contributed by atoms with Crippen molar-refractivity contribution in [1.82, 2.24) is 5.16 Å². The number of hydrogen-bond acceptors (Lipinski definition) is 3. The topological polar surface area (TPSA) is 46.3 Å². The summed E-state index contributed by atoms with van der Waals surface area (Å²) in [6.45, 7) is 3.87. The Kier molecular flexibility index (Phi) is 2.44. The van der Waals surface area contributed by atoms with Crippen molar-refractivity contribution in [2.75, 3.05) is 4.90 Å². The second-order valence-electron chi connectivity index (χ2n) is 4.69. The first kappa shape index (κ1) is 11.0. The Balaban J connectivity index is 2.03. The molecule has 0 saturated heterocycles. The molecule has 1 aromatic carbocycles. The first-order valence-corrected chi connectivity index (χ1v) is 6.01. The van der Waals surface area contributed by atoms with Crippen LogP contribution in [0.3, 0.4) is 0 Å². The molecule has 1 aliphatic heterocycles. The number of anilines is 1. The van der Waals surface area contributed by atoms with Crippen molar-refractivity contribution in [1.29, 1.82) is 0 Å². The summed E-state index contributed by atoms with van der Waals surface area (Å²) in [6.07, 6.45) is 2.45. The van der Waals surface area contributed by atoms with E-state index in [-0.39, 0.29) is 11.9 Å². The SMILES string of the molecule is Cc1cnoc1C(=O)N1c2ccccc2CC1C. The third kappa shape index (κ3) is 1.53. The molecule has 2 heterocycles. The van der Waals surface area contributed by atoms with E-state index >= 15 is 0 Å². The number of hydrogen-bond donors (Lipinski definition) is 0. The van der Waals surface area contributed by atoms with Gasteiger partial charge in [0.25, 0.3) is 5.91 Å². The molecule has 1 amide bonds. The molecule has 0 saturated carbocycles. The fraction of sp³-hybridized carbons (Fsp3) is 0.286. The van der Waals surface area contributed by atoms with Crippen LogP contribution in [0, 0.1) is 6.92 Å². The zero-order valence-electron chi connectivity index (χ0n) is 10.4. The van der Waals surface area contributed by atoms with E-state index < -0.39 is 0 Å². The fourth-order valence-electron chi connectivity index (χ4n) is 2.48. The first-order chi connectivity index (χ1) is 8.68. The van der Waals surface area contributed by atoms with Crippen molar-refractivity contribution in [2.45, 2.75) is 26.3 Å². The smallest absolute Gasteiger partial charge is 0.297 e. The third-order valence-corrected chi connectivity index (χ3v) is 3.37. The quantitative estimate of drug-likeness (QED) is 0.772. The van der Waals surface area contributed by atoms with E-state index in [0.29, 0.717) is 5.76 Å². The highest BCUT2D eigenvalue weighted by Gasteiger charge is 2.33. The van der Waals surface area contributed by atoms with Gasteiger partial charge in [0.2, 0.25) is 5.76 Å². The lowest BCUT2D eigenvalue weighted by Crippen LogP contribution is -2.35. The highest BCUT2D eigenvalue weighted by molar-refractivity contribution is 6.06. The summed E-state index contributed by atoms with van der Waals surface area (Å²) >= 11 is 0. The van der Waals surface area contributed by atoms with Gasteiger partial charge in [0.15, 0.2) is 0 Å². The Labute approximate surface area is 105 Å². The van der Waals surface area contributed by atoms with Gasteiger partial charge in [-0.15, -0.1) is 0 Å². The van der Waals surface area contributed by atoms with Gasteiger partial charge in [-0.3, -0.25) is 4.79 Å². The molecule has 3 rings (SSSR count). The van der Waals surface area contributed by atoms with E-state index in [9.17, 15) is 4.79 Å². The molecule has 1 aliphatic rings. The van der Waals surface area contributed by atoms with Crippen molar-refractivity contribution in [3.63, 3.8) is 0 Å². The number of nitrogens with zero attached hydrogens (tertiary/aromatic N) is 2. The molecule has 2 aromatic rings. The van der Waals surface area contributed by atoms with Crippen molar-refractivity contribution in [3.8, 4) is 0 Å². The first-order valence-electron chi connectivity index (χ1n) is 6.01. The van der Waals surface area contributed by atoms with Crippen LogP contribution in [0.4, 0.5) is 5.69 Å². The lowest BCUT2D eigenvalue weighted by Gasteiger charge is -2.21. The number of aromatic nitrogens is 1. The molecule has 1 atom stereocenters. The van der Waals surface area contributed by atoms with Crippen molar-refractivity contribution < 1.29 is 9.32 Å². The van der Waals surface area contributed by atoms with Gasteiger partial charge < -0.3 is 9.42 Å². The molecular weight excluding hydrogens is 228 g/mol. The molecule has 0 bridgehead atoms. The maximum absolute atomic E-state index is 12.5. The Morgan fingerprint density at radius 3 is 2.94 bits per heavy atom. The van der Waals surface area contributed by atoms with Crippen LogP contribution in [0.15, 0.2) is 35.0 Å². The van der Waals surface area contributed by atoms with Crippen molar-refractivity contribution in [2.24, 2.45) is 0 Å². The van der Waals surface area contributed by atoms with E-state index in [0.717, 1.165) is 17.7 Å². The van der Waals surface area contributed by atoms with Crippen LogP contribution in [-0.2, 0) is 6.42 Å². The largest absolute Gasteiger partial charge is 0.351 e. The van der Waals surface area contributed by atoms with Crippen LogP contribution in [0.1, 0.15) is 28.6 Å². The van der Waals surface area contributed by atoms with E-state index in [1.54, 1.807) is 11.1 Å². The molecule has 0 radical (unpaired) electrons. The normalized spacial score (nSPS) is 17.9. The van der Waals surface area contributed by atoms with Crippen LogP contribution in [0.25, 0.3) is 0 Å². The summed E-state index contributed by atoms with van der Waals surface area (Å²) < 4.78 is 5.06. The van der Waals surface area contributed by atoms with Crippen molar-refractivity contribution in [3.05, 3.63) is 47.3 Å². The molecular formula is C14H14N2O2. The van der Waals surface area contributed by atoms with Gasteiger partial charge in [-0.1, -0.05) is 23.4 Å². The Morgan fingerprint density at radius 2 is 2.22 bits per heavy atom. The van der Waals surface area contributed by atoms with Gasteiger partial charge in [0.1, 0.15) is 0 Å². The zero-order chi connectivity index (χ0) is 12.7. The summed E-state index contributed by atoms with van der Waals surface area (Å²) in [5.41, 5.74) is 2.96. The van der Waals surface area contributed by atoms with E-state index in [2.05, 4.69) is 11.2 Å². The van der Waals surface area contributed by atoms with Crippen LogP contribution in [0.2, 0.25) is 0 Å². The number of carbonyl (C=O) groups is 1. The van der Waals surface area contributed by atoms with Gasteiger partial charge in [-0.2, -0.15) is 0 Å². The second-order valence-corrected chi connectivity index (χ2v) is 4.69. The molecule has 92 valence electrons. The summed E-state index contributed by atoms with van der Waals surface area (Å²) in [5, 5.41) is 3.67. The molecule has 0 N–H and O–H groups in total. The molecule has 0 aliphatic carbocycles. The standard InChI is InChI=1S/C14H14N2O2/c1-9-8-15-18-13(9)14(17)16-10(2)7-11-5-3-4-6-12(11)16/h3-6,8,10H,7H2,1-2H3. The van der Waals surface area contributed by atoms with Crippen LogP contribution in [0.5, 0.6) is 0 Å². The number of rotatable bonds is 1. The summed E-state index contributed by atoms with van der Waals surface area (Å²) in [5.74, 6) is 0.223. The van der Waals surface area contributed by atoms with E-state index in [1.807, 2.05) is 32.0 Å². The van der Waals surface area contributed by atoms with Crippen LogP contribution >= 0.6 is 0 Å². The highest BCUT2D eigenvalue weighted by Crippen LogP contribution is 2.33. The summed E-state index contributed by atoms with van der Waals surface area (Å²) in [7, 11) is 0. The molecule has 4 nitrogen and oxygen atoms in total. The molecule has 4 heteroatoms. The maximum atomic E-state index is 12.5. The average Bonchev–Trinajstić information content (AvgIpc) is 2.91. The lowest BCUT2D eigenvalue weighted by molar-refractivity contribution is 0.0945. The minimum absolute atomic E-state index is 0.109. The monoisotopic (exact) mass is 242 g/mol. The molecule has 1 unspecified atom stereocenters. The zero-order valence-corrected chi connectivity index (χ0v) is 10.4. The Hall–Kier alpha value is -2.10. The number of fused-ring (bicyclic) bond motifs is 1. The molecule has 1 aromatic heterocycles. The molecule has 0 fully saturated rings. The highest BCUT2D eigenvalue weighted by atomic mass is 16.5. The maximum Gasteiger partial charge on any atom is 0.297 e. The summed E-state index contributed by atoms with van der Waals surface area (Å²) in [4.78, 5) is 14.3. The number of aryl methyl sites for hydroxylation is 1. The van der Waals surface area contributed by atoms with Gasteiger partial charge in [0.05, 0.1) is 6.20 Å². The molecule has 18 heavy (non-hydrogen) atoms. The van der Waals surface area contributed by atoms with Gasteiger partial charge in [-0.25, -0.2) is 0 Å². The van der Waals surface area contributed by atoms with Crippen molar-refractivity contribution >= 4 is 11.6 Å². The average molecular weight is 242 g/mol. The minimum atomic E-state index is -0.109. The van der Waals surface area contributed by atoms with Gasteiger partial charge in [-0.05, 0) is 31.9 Å². The number of carbonyl (C=O) groups excluding carboxylic acids is 1. The predicted molar refractivity (Wildman–Crippen MR) is 67.7 cm³/mol. The van der Waals surface area contributed by atoms with E-state index in [4.69, 9.17) is 4.52 Å². The van der Waals surface area contributed by atoms with Crippen LogP contribution in [-0.4, -0.2) is 17.1 Å². The third-order valence-electron chi connectivity index (χ3n) is 3.37. The van der Waals surface area contributed by atoms with Gasteiger partial charge >= 0.3 is 0 Å². The minimum Gasteiger partial charge on any atom is -0.351 e. The summed E-state index contributed by atoms with van der Waals surface area (Å²) in [6, 6.07) is 8.14. The number of benzene rings is 1. The lowest BCUT2D eigenvalue weighted by atomic mass is 10.1. The number of para-hydroxylation sites is 1. The molecule has 0 spiro atoms. The van der Waals surface area contributed by atoms with Gasteiger partial charge in [0, 0.05) is 17.3 Å². The predicted octanol–water partition coefficient (Wildman–Crippen LogP) is 2.57. The van der Waals surface area contributed by atoms with Crippen LogP contribution < -0.4 is 4.90 Å². The number of amides is 1. The second kappa shape index (κ2) is 3.98. The Bertz CT molecular complexity index is 603. The van der Waals surface area contributed by atoms with E-state index in [1.165, 1.54) is 5.56 Å². The fourth-order valence-corrected chi connectivity index (χ4v) is 2.48.